The highest BCUT2D eigenvalue weighted by molar-refractivity contribution is 9.10. The number of nitrogens with zero attached hydrogens (tertiary/aromatic N) is 3. The van der Waals surface area contributed by atoms with Gasteiger partial charge in [0.15, 0.2) is 5.17 Å². The number of amidine groups is 1. The summed E-state index contributed by atoms with van der Waals surface area (Å²) in [4.78, 5) is 26.2. The molecule has 0 aromatic heterocycles. The zero-order valence-electron chi connectivity index (χ0n) is 15.8. The number of carbonyl (C=O) groups excluding carboxylic acids is 2. The van der Waals surface area contributed by atoms with Crippen molar-refractivity contribution < 1.29 is 14.3 Å². The van der Waals surface area contributed by atoms with Gasteiger partial charge in [-0.3, -0.25) is 9.59 Å². The molecule has 1 saturated heterocycles. The molecule has 0 aliphatic carbocycles. The second kappa shape index (κ2) is 9.23. The molecule has 1 unspecified atom stereocenters. The van der Waals surface area contributed by atoms with Gasteiger partial charge in [0.2, 0.25) is 11.8 Å². The minimum atomic E-state index is -0.619. The van der Waals surface area contributed by atoms with Crippen molar-refractivity contribution in [2.24, 2.45) is 15.9 Å². The Morgan fingerprint density at radius 3 is 2.41 bits per heavy atom. The molecule has 9 heteroatoms. The molecule has 2 aromatic rings. The van der Waals surface area contributed by atoms with Crippen LogP contribution >= 0.6 is 27.7 Å². The molecule has 29 heavy (non-hydrogen) atoms. The van der Waals surface area contributed by atoms with Gasteiger partial charge in [0.1, 0.15) is 11.0 Å². The van der Waals surface area contributed by atoms with Crippen LogP contribution in [0.4, 0.5) is 5.69 Å². The Hall–Kier alpha value is -2.65. The van der Waals surface area contributed by atoms with E-state index < -0.39 is 5.25 Å². The lowest BCUT2D eigenvalue weighted by Gasteiger charge is -2.14. The Morgan fingerprint density at radius 1 is 1.14 bits per heavy atom. The van der Waals surface area contributed by atoms with Gasteiger partial charge in [-0.2, -0.15) is 5.10 Å². The largest absolute Gasteiger partial charge is 0.497 e. The second-order valence-electron chi connectivity index (χ2n) is 6.21. The van der Waals surface area contributed by atoms with Crippen molar-refractivity contribution in [2.45, 2.75) is 18.6 Å². The maximum absolute atomic E-state index is 12.7. The van der Waals surface area contributed by atoms with Crippen molar-refractivity contribution in [3.8, 4) is 5.75 Å². The highest BCUT2D eigenvalue weighted by Crippen LogP contribution is 2.30. The Kier molecular flexibility index (Phi) is 6.71. The van der Waals surface area contributed by atoms with Gasteiger partial charge >= 0.3 is 0 Å². The summed E-state index contributed by atoms with van der Waals surface area (Å²) in [5.74, 6) is 0.178. The molecule has 150 valence electrons. The predicted octanol–water partition coefficient (Wildman–Crippen LogP) is 3.56. The third-order valence-electron chi connectivity index (χ3n) is 4.26. The third-order valence-corrected chi connectivity index (χ3v) is 5.76. The molecule has 1 fully saturated rings. The van der Waals surface area contributed by atoms with E-state index in [-0.39, 0.29) is 23.4 Å². The molecule has 0 spiro atoms. The lowest BCUT2D eigenvalue weighted by molar-refractivity contribution is -0.121. The second-order valence-corrected chi connectivity index (χ2v) is 8.35. The predicted molar refractivity (Wildman–Crippen MR) is 119 cm³/mol. The molecule has 2 aromatic carbocycles. The summed E-state index contributed by atoms with van der Waals surface area (Å²) in [6.07, 6.45) is 0.0664. The van der Waals surface area contributed by atoms with Crippen molar-refractivity contribution >= 4 is 56.1 Å². The number of hydrogen-bond donors (Lipinski definition) is 1. The smallest absolute Gasteiger partial charge is 0.247 e. The Labute approximate surface area is 181 Å². The van der Waals surface area contributed by atoms with Crippen LogP contribution in [-0.2, 0) is 9.59 Å². The molecule has 1 atom stereocenters. The number of ether oxygens (including phenoxy) is 1. The van der Waals surface area contributed by atoms with E-state index in [0.29, 0.717) is 11.4 Å². The summed E-state index contributed by atoms with van der Waals surface area (Å²) in [7, 11) is 1.60. The average Bonchev–Trinajstić information content (AvgIpc) is 3.00. The van der Waals surface area contributed by atoms with Gasteiger partial charge in [0, 0.05) is 10.9 Å². The van der Waals surface area contributed by atoms with Crippen LogP contribution in [0, 0.1) is 0 Å². The lowest BCUT2D eigenvalue weighted by Crippen LogP contribution is -2.31. The summed E-state index contributed by atoms with van der Waals surface area (Å²) in [5, 5.41) is 7.63. The molecular weight excluding hydrogens is 456 g/mol. The highest BCUT2D eigenvalue weighted by Gasteiger charge is 2.40. The molecule has 2 amide bonds. The van der Waals surface area contributed by atoms with Crippen molar-refractivity contribution in [3.63, 3.8) is 0 Å². The molecule has 0 radical (unpaired) electrons. The first-order valence-corrected chi connectivity index (χ1v) is 10.4. The van der Waals surface area contributed by atoms with Gasteiger partial charge in [-0.15, -0.1) is 5.10 Å². The number of methoxy groups -OCH3 is 1. The highest BCUT2D eigenvalue weighted by atomic mass is 79.9. The summed E-state index contributed by atoms with van der Waals surface area (Å²) < 4.78 is 6.00. The first-order valence-electron chi connectivity index (χ1n) is 8.70. The van der Waals surface area contributed by atoms with Crippen molar-refractivity contribution in [1.82, 2.24) is 0 Å². The van der Waals surface area contributed by atoms with Gasteiger partial charge in [-0.05, 0) is 61.0 Å². The molecule has 2 N–H and O–H groups in total. The molecule has 3 rings (SSSR count). The molecule has 1 aliphatic heterocycles. The van der Waals surface area contributed by atoms with Crippen LogP contribution in [0.1, 0.15) is 18.9 Å². The number of anilines is 1. The quantitative estimate of drug-likeness (QED) is 0.309. The fourth-order valence-corrected chi connectivity index (χ4v) is 3.82. The third kappa shape index (κ3) is 5.04. The van der Waals surface area contributed by atoms with Gasteiger partial charge in [-0.1, -0.05) is 27.7 Å². The Balaban J connectivity index is 1.68. The maximum atomic E-state index is 12.7. The van der Waals surface area contributed by atoms with Gasteiger partial charge < -0.3 is 10.5 Å². The van der Waals surface area contributed by atoms with E-state index in [0.717, 1.165) is 27.5 Å². The molecule has 1 heterocycles. The van der Waals surface area contributed by atoms with Crippen LogP contribution in [0.2, 0.25) is 0 Å². The zero-order valence-corrected chi connectivity index (χ0v) is 18.2. The number of hydrogen-bond acceptors (Lipinski definition) is 6. The number of thioether (sulfide) groups is 1. The number of nitrogens with two attached hydrogens (primary N) is 1. The average molecular weight is 475 g/mol. The number of rotatable bonds is 5. The maximum Gasteiger partial charge on any atom is 0.247 e. The van der Waals surface area contributed by atoms with E-state index in [4.69, 9.17) is 10.5 Å². The first-order chi connectivity index (χ1) is 13.9. The Bertz CT molecular complexity index is 974. The fraction of sp³-hybridized carbons (Fsp3) is 0.200. The summed E-state index contributed by atoms with van der Waals surface area (Å²) in [5.41, 5.74) is 8.02. The Morgan fingerprint density at radius 2 is 1.79 bits per heavy atom. The van der Waals surface area contributed by atoms with Gasteiger partial charge in [0.05, 0.1) is 18.5 Å². The van der Waals surface area contributed by atoms with Crippen molar-refractivity contribution in [3.05, 3.63) is 58.6 Å². The molecule has 7 nitrogen and oxygen atoms in total. The number of imide groups is 1. The van der Waals surface area contributed by atoms with Crippen LogP contribution < -0.4 is 15.4 Å². The lowest BCUT2D eigenvalue weighted by atomic mass is 10.1. The molecule has 1 aliphatic rings. The van der Waals surface area contributed by atoms with Crippen LogP contribution in [0.25, 0.3) is 0 Å². The fourth-order valence-electron chi connectivity index (χ4n) is 2.74. The van der Waals surface area contributed by atoms with E-state index in [9.17, 15) is 9.59 Å². The van der Waals surface area contributed by atoms with Crippen LogP contribution in [0.5, 0.6) is 5.75 Å². The van der Waals surface area contributed by atoms with Crippen LogP contribution in [-0.4, -0.2) is 35.1 Å². The minimum Gasteiger partial charge on any atom is -0.497 e. The van der Waals surface area contributed by atoms with E-state index in [2.05, 4.69) is 26.1 Å². The topological polar surface area (TPSA) is 97.3 Å². The van der Waals surface area contributed by atoms with E-state index in [1.807, 2.05) is 31.2 Å². The van der Waals surface area contributed by atoms with Crippen LogP contribution in [0.3, 0.4) is 0 Å². The summed E-state index contributed by atoms with van der Waals surface area (Å²) in [6, 6.07) is 14.4. The van der Waals surface area contributed by atoms with Crippen molar-refractivity contribution in [1.29, 1.82) is 0 Å². The summed E-state index contributed by atoms with van der Waals surface area (Å²) in [6.45, 7) is 1.81. The number of benzene rings is 2. The van der Waals surface area contributed by atoms with Gasteiger partial charge in [-0.25, -0.2) is 4.90 Å². The number of amides is 2. The van der Waals surface area contributed by atoms with E-state index >= 15 is 0 Å². The van der Waals surface area contributed by atoms with E-state index in [1.165, 1.54) is 4.90 Å². The standard InChI is InChI=1S/C20H19BrN4O3S/c1-12(13-3-9-16(28-2)10-4-13)23-24-20(22)29-17-11-18(26)25(19(17)27)15-7-5-14(21)6-8-15/h3-10,17H,11H2,1-2H3,(H2,22,24)/b23-12+. The monoisotopic (exact) mass is 474 g/mol. The molecular formula is C20H19BrN4O3S. The summed E-state index contributed by atoms with van der Waals surface area (Å²) >= 11 is 4.38. The molecule has 0 saturated carbocycles. The molecule has 0 bridgehead atoms. The normalized spacial score (nSPS) is 17.8. The van der Waals surface area contributed by atoms with Crippen molar-refractivity contribution in [2.75, 3.05) is 12.0 Å². The van der Waals surface area contributed by atoms with Gasteiger partial charge in [0.25, 0.3) is 0 Å². The SMILES string of the molecule is COc1ccc(/C(C)=N/N=C(\N)SC2CC(=O)N(c3ccc(Br)cc3)C2=O)cc1. The number of halogens is 1. The minimum absolute atomic E-state index is 0.0664. The zero-order chi connectivity index (χ0) is 21.0. The van der Waals surface area contributed by atoms with Crippen LogP contribution in [0.15, 0.2) is 63.2 Å². The number of carbonyl (C=O) groups is 2. The van der Waals surface area contributed by atoms with E-state index in [1.54, 1.807) is 31.4 Å². The first kappa shape index (κ1) is 21.1.